The molecule has 0 saturated heterocycles. The Morgan fingerprint density at radius 2 is 2.05 bits per heavy atom. The Morgan fingerprint density at radius 1 is 1.24 bits per heavy atom. The van der Waals surface area contributed by atoms with Crippen LogP contribution in [0.4, 0.5) is 0 Å². The van der Waals surface area contributed by atoms with Crippen molar-refractivity contribution in [3.05, 3.63) is 53.6 Å². The van der Waals surface area contributed by atoms with E-state index in [2.05, 4.69) is 43.4 Å². The number of hydrogen-bond donors (Lipinski definition) is 1. The molecule has 112 valence electrons. The van der Waals surface area contributed by atoms with E-state index in [0.717, 1.165) is 24.1 Å². The van der Waals surface area contributed by atoms with Crippen molar-refractivity contribution >= 4 is 22.4 Å². The van der Waals surface area contributed by atoms with Crippen LogP contribution < -0.4 is 10.1 Å². The number of halogens is 1. The van der Waals surface area contributed by atoms with Crippen LogP contribution in [0.25, 0.3) is 10.8 Å². The van der Waals surface area contributed by atoms with Crippen molar-refractivity contribution in [3.8, 4) is 5.75 Å². The summed E-state index contributed by atoms with van der Waals surface area (Å²) in [5.74, 6) is 0.943. The molecule has 2 aromatic rings. The molecule has 1 unspecified atom stereocenters. The third-order valence-electron chi connectivity index (χ3n) is 3.49. The number of fused-ring (bicyclic) bond motifs is 1. The third-order valence-corrected chi connectivity index (χ3v) is 3.67. The van der Waals surface area contributed by atoms with Gasteiger partial charge in [0, 0.05) is 22.5 Å². The summed E-state index contributed by atoms with van der Waals surface area (Å²) >= 11 is 5.58. The molecule has 0 fully saturated rings. The lowest BCUT2D eigenvalue weighted by atomic mass is 10.0. The maximum absolute atomic E-state index is 5.98. The third kappa shape index (κ3) is 3.99. The summed E-state index contributed by atoms with van der Waals surface area (Å²) in [4.78, 5) is 0. The molecule has 2 nitrogen and oxygen atoms in total. The molecular formula is C18H22ClNO. The standard InChI is InChI=1S/C18H22ClNO/c1-3-12-20-14(2)16-10-9-15-7-4-5-8-17(15)18(16)21-13-6-11-19/h4-11,14,20H,3,12-13H2,1-2H3. The van der Waals surface area contributed by atoms with E-state index in [-0.39, 0.29) is 6.04 Å². The lowest BCUT2D eigenvalue weighted by Gasteiger charge is -2.19. The van der Waals surface area contributed by atoms with Gasteiger partial charge in [0.15, 0.2) is 0 Å². The fraction of sp³-hybridized carbons (Fsp3) is 0.333. The second-order valence-corrected chi connectivity index (χ2v) is 5.31. The van der Waals surface area contributed by atoms with Crippen molar-refractivity contribution in [1.82, 2.24) is 5.32 Å². The van der Waals surface area contributed by atoms with Gasteiger partial charge in [-0.25, -0.2) is 0 Å². The maximum atomic E-state index is 5.98. The normalized spacial score (nSPS) is 12.9. The molecule has 1 N–H and O–H groups in total. The predicted octanol–water partition coefficient (Wildman–Crippen LogP) is 5.03. The largest absolute Gasteiger partial charge is 0.488 e. The minimum atomic E-state index is 0.254. The van der Waals surface area contributed by atoms with Crippen LogP contribution in [0.3, 0.4) is 0 Å². The Kier molecular flexibility index (Phi) is 6.09. The SMILES string of the molecule is CCCNC(C)c1ccc2ccccc2c1OCC=CCl. The molecule has 0 saturated carbocycles. The van der Waals surface area contributed by atoms with Gasteiger partial charge in [-0.2, -0.15) is 0 Å². The highest BCUT2D eigenvalue weighted by Gasteiger charge is 2.14. The zero-order valence-corrected chi connectivity index (χ0v) is 13.4. The summed E-state index contributed by atoms with van der Waals surface area (Å²) < 4.78 is 5.98. The summed E-state index contributed by atoms with van der Waals surface area (Å²) in [5.41, 5.74) is 2.67. The first kappa shape index (κ1) is 15.9. The second-order valence-electron chi connectivity index (χ2n) is 5.05. The fourth-order valence-electron chi connectivity index (χ4n) is 2.40. The second kappa shape index (κ2) is 8.06. The molecule has 3 heteroatoms. The van der Waals surface area contributed by atoms with E-state index < -0.39 is 0 Å². The topological polar surface area (TPSA) is 21.3 Å². The number of benzene rings is 2. The summed E-state index contributed by atoms with van der Waals surface area (Å²) in [7, 11) is 0. The highest BCUT2D eigenvalue weighted by molar-refractivity contribution is 6.25. The smallest absolute Gasteiger partial charge is 0.132 e. The van der Waals surface area contributed by atoms with Gasteiger partial charge in [0.1, 0.15) is 12.4 Å². The van der Waals surface area contributed by atoms with Crippen molar-refractivity contribution in [2.75, 3.05) is 13.2 Å². The molecule has 0 aliphatic heterocycles. The van der Waals surface area contributed by atoms with E-state index in [1.165, 1.54) is 16.5 Å². The van der Waals surface area contributed by atoms with Gasteiger partial charge in [-0.15, -0.1) is 0 Å². The molecule has 0 amide bonds. The van der Waals surface area contributed by atoms with Gasteiger partial charge >= 0.3 is 0 Å². The average molecular weight is 304 g/mol. The van der Waals surface area contributed by atoms with Crippen LogP contribution in [0.2, 0.25) is 0 Å². The Morgan fingerprint density at radius 3 is 2.81 bits per heavy atom. The molecular weight excluding hydrogens is 282 g/mol. The van der Waals surface area contributed by atoms with Gasteiger partial charge in [-0.05, 0) is 31.4 Å². The van der Waals surface area contributed by atoms with Crippen LogP contribution in [0.1, 0.15) is 31.9 Å². The monoisotopic (exact) mass is 303 g/mol. The number of nitrogens with one attached hydrogen (secondary N) is 1. The zero-order valence-electron chi connectivity index (χ0n) is 12.6. The highest BCUT2D eigenvalue weighted by atomic mass is 35.5. The Balaban J connectivity index is 2.40. The van der Waals surface area contributed by atoms with Crippen molar-refractivity contribution in [3.63, 3.8) is 0 Å². The van der Waals surface area contributed by atoms with E-state index in [1.54, 1.807) is 6.08 Å². The van der Waals surface area contributed by atoms with Crippen LogP contribution in [0.5, 0.6) is 5.75 Å². The molecule has 0 radical (unpaired) electrons. The molecule has 0 aliphatic carbocycles. The van der Waals surface area contributed by atoms with E-state index in [9.17, 15) is 0 Å². The summed E-state index contributed by atoms with van der Waals surface area (Å²) in [6.45, 7) is 5.81. The average Bonchev–Trinajstić information content (AvgIpc) is 2.52. The van der Waals surface area contributed by atoms with Crippen LogP contribution in [0, 0.1) is 0 Å². The van der Waals surface area contributed by atoms with Crippen LogP contribution >= 0.6 is 11.6 Å². The van der Waals surface area contributed by atoms with Gasteiger partial charge < -0.3 is 10.1 Å². The molecule has 0 aromatic heterocycles. The Labute approximate surface area is 131 Å². The van der Waals surface area contributed by atoms with Gasteiger partial charge in [0.2, 0.25) is 0 Å². The zero-order chi connectivity index (χ0) is 15.1. The van der Waals surface area contributed by atoms with Gasteiger partial charge in [0.25, 0.3) is 0 Å². The van der Waals surface area contributed by atoms with Crippen molar-refractivity contribution in [2.45, 2.75) is 26.3 Å². The lowest BCUT2D eigenvalue weighted by Crippen LogP contribution is -2.20. The molecule has 2 aromatic carbocycles. The lowest BCUT2D eigenvalue weighted by molar-refractivity contribution is 0.358. The van der Waals surface area contributed by atoms with Crippen molar-refractivity contribution < 1.29 is 4.74 Å². The predicted molar refractivity (Wildman–Crippen MR) is 91.1 cm³/mol. The van der Waals surface area contributed by atoms with E-state index in [1.807, 2.05) is 12.1 Å². The first-order valence-electron chi connectivity index (χ1n) is 7.41. The van der Waals surface area contributed by atoms with Gasteiger partial charge in [0.05, 0.1) is 0 Å². The van der Waals surface area contributed by atoms with Gasteiger partial charge in [-0.1, -0.05) is 54.9 Å². The summed E-state index contributed by atoms with van der Waals surface area (Å²) in [6, 6.07) is 12.8. The van der Waals surface area contributed by atoms with E-state index >= 15 is 0 Å². The Hall–Kier alpha value is -1.51. The number of ether oxygens (including phenoxy) is 1. The van der Waals surface area contributed by atoms with Gasteiger partial charge in [-0.3, -0.25) is 0 Å². The van der Waals surface area contributed by atoms with Crippen LogP contribution in [0.15, 0.2) is 48.0 Å². The fourth-order valence-corrected chi connectivity index (χ4v) is 2.47. The first-order chi connectivity index (χ1) is 10.3. The van der Waals surface area contributed by atoms with Crippen LogP contribution in [-0.2, 0) is 0 Å². The van der Waals surface area contributed by atoms with E-state index in [0.29, 0.717) is 6.61 Å². The number of rotatable bonds is 7. The molecule has 0 aliphatic rings. The Bertz CT molecular complexity index is 609. The maximum Gasteiger partial charge on any atom is 0.132 e. The van der Waals surface area contributed by atoms with Crippen molar-refractivity contribution in [2.24, 2.45) is 0 Å². The molecule has 0 bridgehead atoms. The highest BCUT2D eigenvalue weighted by Crippen LogP contribution is 2.33. The minimum Gasteiger partial charge on any atom is -0.488 e. The molecule has 0 spiro atoms. The van der Waals surface area contributed by atoms with Crippen molar-refractivity contribution in [1.29, 1.82) is 0 Å². The number of hydrogen-bond acceptors (Lipinski definition) is 2. The quantitative estimate of drug-likeness (QED) is 0.774. The van der Waals surface area contributed by atoms with Crippen LogP contribution in [-0.4, -0.2) is 13.2 Å². The molecule has 21 heavy (non-hydrogen) atoms. The molecule has 0 heterocycles. The van der Waals surface area contributed by atoms with E-state index in [4.69, 9.17) is 16.3 Å². The summed E-state index contributed by atoms with van der Waals surface area (Å²) in [6.07, 6.45) is 2.92. The summed E-state index contributed by atoms with van der Waals surface area (Å²) in [5, 5.41) is 5.85. The molecule has 1 atom stereocenters. The first-order valence-corrected chi connectivity index (χ1v) is 7.84. The minimum absolute atomic E-state index is 0.254. The molecule has 2 rings (SSSR count).